The Balaban J connectivity index is 2.39. The summed E-state index contributed by atoms with van der Waals surface area (Å²) in [6.45, 7) is -0.0637. The quantitative estimate of drug-likeness (QED) is 0.668. The lowest BCUT2D eigenvalue weighted by molar-refractivity contribution is 0.277. The van der Waals surface area contributed by atoms with E-state index in [0.29, 0.717) is 11.5 Å². The molecule has 14 heavy (non-hydrogen) atoms. The van der Waals surface area contributed by atoms with Crippen molar-refractivity contribution in [1.29, 1.82) is 0 Å². The van der Waals surface area contributed by atoms with E-state index >= 15 is 0 Å². The highest BCUT2D eigenvalue weighted by molar-refractivity contribution is 5.57. The van der Waals surface area contributed by atoms with Gasteiger partial charge in [0.25, 0.3) is 0 Å². The average Bonchev–Trinajstić information content (AvgIpc) is 2.66. The predicted molar refractivity (Wildman–Crippen MR) is 51.6 cm³/mol. The maximum atomic E-state index is 9.25. The molecule has 0 amide bonds. The lowest BCUT2D eigenvalue weighted by Crippen LogP contribution is -1.83. The molecule has 2 aromatic rings. The molecule has 1 aromatic carbocycles. The summed E-state index contributed by atoms with van der Waals surface area (Å²) in [5, 5.41) is 18.1. The molecular weight excluding hydrogens is 180 g/mol. The molecule has 4 heteroatoms. The summed E-state index contributed by atoms with van der Waals surface area (Å²) in [5.74, 6) is 0.842. The number of nitrogens with zero attached hydrogens (tertiary/aromatic N) is 1. The highest BCUT2D eigenvalue weighted by Crippen LogP contribution is 2.20. The molecule has 1 aromatic heterocycles. The SMILES string of the molecule is OCc1cnc(-c2cccc(O)c2)[nH]1. The predicted octanol–water partition coefficient (Wildman–Crippen LogP) is 1.27. The molecule has 3 N–H and O–H groups in total. The van der Waals surface area contributed by atoms with Crippen LogP contribution in [0.25, 0.3) is 11.4 Å². The molecule has 72 valence electrons. The molecule has 0 fully saturated rings. The number of benzene rings is 1. The van der Waals surface area contributed by atoms with E-state index in [4.69, 9.17) is 5.11 Å². The summed E-state index contributed by atoms with van der Waals surface area (Å²) in [7, 11) is 0. The minimum Gasteiger partial charge on any atom is -0.508 e. The van der Waals surface area contributed by atoms with Crippen LogP contribution in [0, 0.1) is 0 Å². The molecule has 0 spiro atoms. The highest BCUT2D eigenvalue weighted by Gasteiger charge is 2.02. The summed E-state index contributed by atoms with van der Waals surface area (Å²) in [6, 6.07) is 6.78. The van der Waals surface area contributed by atoms with E-state index in [9.17, 15) is 5.11 Å². The van der Waals surface area contributed by atoms with Crippen LogP contribution in [-0.2, 0) is 6.61 Å². The summed E-state index contributed by atoms with van der Waals surface area (Å²) in [4.78, 5) is 7.01. The minimum absolute atomic E-state index is 0.0637. The van der Waals surface area contributed by atoms with Gasteiger partial charge in [0.05, 0.1) is 18.5 Å². The number of aromatic nitrogens is 2. The average molecular weight is 190 g/mol. The number of phenolic OH excluding ortho intramolecular Hbond substituents is 1. The second-order valence-corrected chi connectivity index (χ2v) is 2.97. The third-order valence-corrected chi connectivity index (χ3v) is 1.92. The maximum absolute atomic E-state index is 9.25. The van der Waals surface area contributed by atoms with Gasteiger partial charge in [-0.25, -0.2) is 4.98 Å². The van der Waals surface area contributed by atoms with Crippen molar-refractivity contribution >= 4 is 0 Å². The summed E-state index contributed by atoms with van der Waals surface area (Å²) < 4.78 is 0. The summed E-state index contributed by atoms with van der Waals surface area (Å²) >= 11 is 0. The Bertz CT molecular complexity index is 437. The number of phenols is 1. The smallest absolute Gasteiger partial charge is 0.137 e. The number of aliphatic hydroxyl groups excluding tert-OH is 1. The molecular formula is C10H10N2O2. The number of hydrogen-bond donors (Lipinski definition) is 3. The van der Waals surface area contributed by atoms with Crippen LogP contribution in [0.1, 0.15) is 5.69 Å². The van der Waals surface area contributed by atoms with Crippen molar-refractivity contribution in [2.24, 2.45) is 0 Å². The van der Waals surface area contributed by atoms with E-state index in [1.807, 2.05) is 6.07 Å². The molecule has 0 saturated heterocycles. The van der Waals surface area contributed by atoms with Crippen LogP contribution in [0.15, 0.2) is 30.5 Å². The fourth-order valence-electron chi connectivity index (χ4n) is 1.24. The van der Waals surface area contributed by atoms with Gasteiger partial charge in [-0.1, -0.05) is 12.1 Å². The van der Waals surface area contributed by atoms with Crippen LogP contribution in [0.3, 0.4) is 0 Å². The lowest BCUT2D eigenvalue weighted by Gasteiger charge is -1.97. The van der Waals surface area contributed by atoms with Gasteiger partial charge in [0.15, 0.2) is 0 Å². The number of H-pyrrole nitrogens is 1. The van der Waals surface area contributed by atoms with Gasteiger partial charge in [-0.3, -0.25) is 0 Å². The second kappa shape index (κ2) is 3.51. The topological polar surface area (TPSA) is 69.1 Å². The standard InChI is InChI=1S/C10H10N2O2/c13-6-8-5-11-10(12-8)7-2-1-3-9(14)4-7/h1-5,13-14H,6H2,(H,11,12). The highest BCUT2D eigenvalue weighted by atomic mass is 16.3. The molecule has 0 radical (unpaired) electrons. The number of hydrogen-bond acceptors (Lipinski definition) is 3. The van der Waals surface area contributed by atoms with Crippen molar-refractivity contribution in [3.63, 3.8) is 0 Å². The normalized spacial score (nSPS) is 10.4. The monoisotopic (exact) mass is 190 g/mol. The Labute approximate surface area is 80.9 Å². The molecule has 1 heterocycles. The number of nitrogens with one attached hydrogen (secondary N) is 1. The van der Waals surface area contributed by atoms with E-state index in [0.717, 1.165) is 5.56 Å². The van der Waals surface area contributed by atoms with Gasteiger partial charge >= 0.3 is 0 Å². The van der Waals surface area contributed by atoms with Gasteiger partial charge in [-0.2, -0.15) is 0 Å². The van der Waals surface area contributed by atoms with Crippen LogP contribution >= 0.6 is 0 Å². The molecule has 0 unspecified atom stereocenters. The number of aromatic hydroxyl groups is 1. The third-order valence-electron chi connectivity index (χ3n) is 1.92. The minimum atomic E-state index is -0.0637. The zero-order valence-electron chi connectivity index (χ0n) is 7.44. The van der Waals surface area contributed by atoms with Gasteiger partial charge in [0.2, 0.25) is 0 Å². The van der Waals surface area contributed by atoms with E-state index in [-0.39, 0.29) is 12.4 Å². The van der Waals surface area contributed by atoms with Crippen molar-refractivity contribution in [3.8, 4) is 17.1 Å². The van der Waals surface area contributed by atoms with Crippen molar-refractivity contribution < 1.29 is 10.2 Å². The molecule has 0 bridgehead atoms. The van der Waals surface area contributed by atoms with Gasteiger partial charge in [-0.15, -0.1) is 0 Å². The Morgan fingerprint density at radius 3 is 2.86 bits per heavy atom. The zero-order chi connectivity index (χ0) is 9.97. The van der Waals surface area contributed by atoms with Crippen LogP contribution in [0.4, 0.5) is 0 Å². The fourth-order valence-corrected chi connectivity index (χ4v) is 1.24. The zero-order valence-corrected chi connectivity index (χ0v) is 7.44. The van der Waals surface area contributed by atoms with Crippen molar-refractivity contribution in [2.75, 3.05) is 0 Å². The number of rotatable bonds is 2. The van der Waals surface area contributed by atoms with E-state index < -0.39 is 0 Å². The molecule has 0 aliphatic rings. The summed E-state index contributed by atoms with van der Waals surface area (Å²) in [6.07, 6.45) is 1.57. The largest absolute Gasteiger partial charge is 0.508 e. The Kier molecular flexibility index (Phi) is 2.20. The van der Waals surface area contributed by atoms with Gasteiger partial charge < -0.3 is 15.2 Å². The Morgan fingerprint density at radius 1 is 1.36 bits per heavy atom. The molecule has 0 aliphatic heterocycles. The Morgan fingerprint density at radius 2 is 2.21 bits per heavy atom. The van der Waals surface area contributed by atoms with Crippen LogP contribution in [-0.4, -0.2) is 20.2 Å². The second-order valence-electron chi connectivity index (χ2n) is 2.97. The first-order valence-corrected chi connectivity index (χ1v) is 4.24. The first-order valence-electron chi connectivity index (χ1n) is 4.24. The van der Waals surface area contributed by atoms with E-state index in [1.165, 1.54) is 0 Å². The number of imidazole rings is 1. The first kappa shape index (κ1) is 8.77. The number of aliphatic hydroxyl groups is 1. The molecule has 0 saturated carbocycles. The third kappa shape index (κ3) is 1.60. The van der Waals surface area contributed by atoms with Crippen molar-refractivity contribution in [2.45, 2.75) is 6.61 Å². The van der Waals surface area contributed by atoms with Crippen molar-refractivity contribution in [3.05, 3.63) is 36.2 Å². The lowest BCUT2D eigenvalue weighted by atomic mass is 10.2. The molecule has 0 atom stereocenters. The summed E-state index contributed by atoms with van der Waals surface area (Å²) in [5.41, 5.74) is 1.45. The van der Waals surface area contributed by atoms with Crippen LogP contribution in [0.5, 0.6) is 5.75 Å². The Hall–Kier alpha value is -1.81. The molecule has 0 aliphatic carbocycles. The molecule has 4 nitrogen and oxygen atoms in total. The van der Waals surface area contributed by atoms with Crippen LogP contribution in [0.2, 0.25) is 0 Å². The van der Waals surface area contributed by atoms with Gasteiger partial charge in [0.1, 0.15) is 11.6 Å². The van der Waals surface area contributed by atoms with E-state index in [1.54, 1.807) is 24.4 Å². The molecule has 2 rings (SSSR count). The first-order chi connectivity index (χ1) is 6.79. The fraction of sp³-hybridized carbons (Fsp3) is 0.100. The van der Waals surface area contributed by atoms with E-state index in [2.05, 4.69) is 9.97 Å². The van der Waals surface area contributed by atoms with Crippen LogP contribution < -0.4 is 0 Å². The number of aromatic amines is 1. The van der Waals surface area contributed by atoms with Crippen molar-refractivity contribution in [1.82, 2.24) is 9.97 Å². The maximum Gasteiger partial charge on any atom is 0.137 e. The van der Waals surface area contributed by atoms with Gasteiger partial charge in [-0.05, 0) is 12.1 Å². The van der Waals surface area contributed by atoms with Gasteiger partial charge in [0, 0.05) is 5.56 Å².